The van der Waals surface area contributed by atoms with Crippen molar-refractivity contribution in [1.82, 2.24) is 0 Å². The van der Waals surface area contributed by atoms with Crippen LogP contribution in [0.15, 0.2) is 24.3 Å². The molecule has 1 aromatic carbocycles. The van der Waals surface area contributed by atoms with Crippen molar-refractivity contribution in [3.63, 3.8) is 0 Å². The van der Waals surface area contributed by atoms with Crippen molar-refractivity contribution in [3.8, 4) is 0 Å². The normalized spacial score (nSPS) is 10.9. The Kier molecular flexibility index (Phi) is 6.68. The molecule has 0 radical (unpaired) electrons. The molecule has 18 heavy (non-hydrogen) atoms. The Morgan fingerprint density at radius 2 is 2.11 bits per heavy atom. The zero-order valence-corrected chi connectivity index (χ0v) is 11.2. The quantitative estimate of drug-likeness (QED) is 0.774. The van der Waals surface area contributed by atoms with Crippen LogP contribution in [0.25, 0.3) is 0 Å². The molecule has 0 atom stereocenters. The van der Waals surface area contributed by atoms with Gasteiger partial charge in [0.25, 0.3) is 0 Å². The molecule has 0 saturated heterocycles. The lowest BCUT2D eigenvalue weighted by molar-refractivity contribution is 0.0840. The van der Waals surface area contributed by atoms with Gasteiger partial charge in [-0.15, -0.1) is 0 Å². The van der Waals surface area contributed by atoms with Crippen molar-refractivity contribution in [3.05, 3.63) is 30.1 Å². The van der Waals surface area contributed by atoms with E-state index in [1.165, 1.54) is 6.07 Å². The fraction of sp³-hybridized carbons (Fsp3) is 0.571. The summed E-state index contributed by atoms with van der Waals surface area (Å²) in [6.45, 7) is 6.86. The van der Waals surface area contributed by atoms with Gasteiger partial charge in [0.05, 0.1) is 12.7 Å². The van der Waals surface area contributed by atoms with E-state index in [1.54, 1.807) is 12.1 Å². The van der Waals surface area contributed by atoms with Gasteiger partial charge in [-0.25, -0.2) is 4.39 Å². The summed E-state index contributed by atoms with van der Waals surface area (Å²) in [6.07, 6.45) is 1.10. The molecule has 0 aliphatic rings. The third-order valence-electron chi connectivity index (χ3n) is 2.62. The summed E-state index contributed by atoms with van der Waals surface area (Å²) in [7, 11) is 0. The average Bonchev–Trinajstić information content (AvgIpc) is 2.33. The van der Waals surface area contributed by atoms with Crippen molar-refractivity contribution >= 4 is 5.69 Å². The van der Waals surface area contributed by atoms with E-state index in [0.717, 1.165) is 25.2 Å². The van der Waals surface area contributed by atoms with Crippen LogP contribution >= 0.6 is 0 Å². The summed E-state index contributed by atoms with van der Waals surface area (Å²) in [5, 5.41) is 0. The number of nitrogens with zero attached hydrogens (tertiary/aromatic N) is 1. The molecule has 3 nitrogen and oxygen atoms in total. The monoisotopic (exact) mass is 254 g/mol. The lowest BCUT2D eigenvalue weighted by Crippen LogP contribution is -2.30. The van der Waals surface area contributed by atoms with Gasteiger partial charge >= 0.3 is 0 Å². The molecule has 2 N–H and O–H groups in total. The van der Waals surface area contributed by atoms with Gasteiger partial charge < -0.3 is 15.4 Å². The molecule has 1 aromatic rings. The minimum atomic E-state index is -0.213. The van der Waals surface area contributed by atoms with Gasteiger partial charge in [0, 0.05) is 18.8 Å². The van der Waals surface area contributed by atoms with E-state index in [1.807, 2.05) is 19.9 Å². The predicted octanol–water partition coefficient (Wildman–Crippen LogP) is 2.41. The smallest absolute Gasteiger partial charge is 0.125 e. The number of ether oxygens (including phenoxy) is 1. The van der Waals surface area contributed by atoms with Gasteiger partial charge in [-0.2, -0.15) is 0 Å². The molecule has 0 heterocycles. The molecule has 4 heteroatoms. The van der Waals surface area contributed by atoms with Crippen LogP contribution in [-0.2, 0) is 4.74 Å². The van der Waals surface area contributed by atoms with Gasteiger partial charge in [-0.05, 0) is 45.0 Å². The number of hydrogen-bond acceptors (Lipinski definition) is 3. The number of halogens is 1. The van der Waals surface area contributed by atoms with E-state index in [0.29, 0.717) is 13.2 Å². The topological polar surface area (TPSA) is 38.5 Å². The van der Waals surface area contributed by atoms with Crippen molar-refractivity contribution in [2.24, 2.45) is 5.73 Å². The van der Waals surface area contributed by atoms with Gasteiger partial charge in [-0.1, -0.05) is 6.07 Å². The molecule has 1 rings (SSSR count). The van der Waals surface area contributed by atoms with E-state index >= 15 is 0 Å². The summed E-state index contributed by atoms with van der Waals surface area (Å²) >= 11 is 0. The zero-order chi connectivity index (χ0) is 13.4. The van der Waals surface area contributed by atoms with Crippen molar-refractivity contribution in [1.29, 1.82) is 0 Å². The van der Waals surface area contributed by atoms with Gasteiger partial charge in [0.15, 0.2) is 0 Å². The number of rotatable bonds is 8. The summed E-state index contributed by atoms with van der Waals surface area (Å²) in [6, 6.07) is 6.64. The van der Waals surface area contributed by atoms with Crippen LogP contribution in [-0.4, -0.2) is 32.3 Å². The second kappa shape index (κ2) is 8.06. The molecule has 0 fully saturated rings. The number of benzene rings is 1. The Labute approximate surface area is 109 Å². The number of nitrogens with two attached hydrogens (primary N) is 1. The Bertz CT molecular complexity index is 344. The third kappa shape index (κ3) is 5.47. The first-order valence-corrected chi connectivity index (χ1v) is 6.45. The zero-order valence-electron chi connectivity index (χ0n) is 11.2. The summed E-state index contributed by atoms with van der Waals surface area (Å²) in [5.41, 5.74) is 6.41. The van der Waals surface area contributed by atoms with Crippen LogP contribution in [0.3, 0.4) is 0 Å². The summed E-state index contributed by atoms with van der Waals surface area (Å²) < 4.78 is 18.8. The molecule has 0 aromatic heterocycles. The second-order valence-corrected chi connectivity index (χ2v) is 4.53. The molecule has 0 unspecified atom stereocenters. The molecular weight excluding hydrogens is 231 g/mol. The highest BCUT2D eigenvalue weighted by atomic mass is 19.1. The Hall–Kier alpha value is -1.13. The molecule has 0 spiro atoms. The highest BCUT2D eigenvalue weighted by Crippen LogP contribution is 2.15. The summed E-state index contributed by atoms with van der Waals surface area (Å²) in [4.78, 5) is 2.11. The van der Waals surface area contributed by atoms with Crippen molar-refractivity contribution < 1.29 is 9.13 Å². The fourth-order valence-corrected chi connectivity index (χ4v) is 1.72. The van der Waals surface area contributed by atoms with E-state index in [9.17, 15) is 4.39 Å². The Balaban J connectivity index is 2.59. The fourth-order valence-electron chi connectivity index (χ4n) is 1.72. The number of anilines is 1. The number of hydrogen-bond donors (Lipinski definition) is 1. The minimum absolute atomic E-state index is 0.213. The maximum absolute atomic E-state index is 13.2. The lowest BCUT2D eigenvalue weighted by atomic mass is 10.2. The highest BCUT2D eigenvalue weighted by molar-refractivity contribution is 5.46. The maximum atomic E-state index is 13.2. The van der Waals surface area contributed by atoms with Crippen LogP contribution in [0.2, 0.25) is 0 Å². The molecule has 0 bridgehead atoms. The average molecular weight is 254 g/mol. The van der Waals surface area contributed by atoms with Gasteiger partial charge in [0.2, 0.25) is 0 Å². The van der Waals surface area contributed by atoms with Crippen LogP contribution in [0.5, 0.6) is 0 Å². The summed E-state index contributed by atoms with van der Waals surface area (Å²) in [5.74, 6) is -0.213. The standard InChI is InChI=1S/C14H23FN2O/c1-12(2)18-10-9-17(8-4-7-16)14-6-3-5-13(15)11-14/h3,5-6,11-12H,4,7-10,16H2,1-2H3. The van der Waals surface area contributed by atoms with Gasteiger partial charge in [0.1, 0.15) is 5.82 Å². The van der Waals surface area contributed by atoms with Crippen LogP contribution in [0.1, 0.15) is 20.3 Å². The SMILES string of the molecule is CC(C)OCCN(CCCN)c1cccc(F)c1. The molecule has 0 aliphatic carbocycles. The largest absolute Gasteiger partial charge is 0.377 e. The maximum Gasteiger partial charge on any atom is 0.125 e. The van der Waals surface area contributed by atoms with Crippen LogP contribution < -0.4 is 10.6 Å². The Morgan fingerprint density at radius 1 is 1.33 bits per heavy atom. The molecule has 0 saturated carbocycles. The van der Waals surface area contributed by atoms with Gasteiger partial charge in [-0.3, -0.25) is 0 Å². The lowest BCUT2D eigenvalue weighted by Gasteiger charge is -2.25. The van der Waals surface area contributed by atoms with Crippen molar-refractivity contribution in [2.45, 2.75) is 26.4 Å². The first-order valence-electron chi connectivity index (χ1n) is 6.45. The molecule has 0 aliphatic heterocycles. The molecular formula is C14H23FN2O. The minimum Gasteiger partial charge on any atom is -0.377 e. The van der Waals surface area contributed by atoms with Crippen molar-refractivity contribution in [2.75, 3.05) is 31.1 Å². The highest BCUT2D eigenvalue weighted by Gasteiger charge is 2.07. The first-order chi connectivity index (χ1) is 8.63. The Morgan fingerprint density at radius 3 is 2.72 bits per heavy atom. The predicted molar refractivity (Wildman–Crippen MR) is 73.4 cm³/mol. The van der Waals surface area contributed by atoms with Crippen LogP contribution in [0, 0.1) is 5.82 Å². The van der Waals surface area contributed by atoms with E-state index < -0.39 is 0 Å². The van der Waals surface area contributed by atoms with Crippen LogP contribution in [0.4, 0.5) is 10.1 Å². The van der Waals surface area contributed by atoms with E-state index in [-0.39, 0.29) is 11.9 Å². The third-order valence-corrected chi connectivity index (χ3v) is 2.62. The van der Waals surface area contributed by atoms with E-state index in [4.69, 9.17) is 10.5 Å². The second-order valence-electron chi connectivity index (χ2n) is 4.53. The van der Waals surface area contributed by atoms with E-state index in [2.05, 4.69) is 4.90 Å². The molecule has 0 amide bonds. The first kappa shape index (κ1) is 14.9. The molecule has 102 valence electrons.